The Balaban J connectivity index is 1.96. The van der Waals surface area contributed by atoms with Crippen molar-refractivity contribution < 1.29 is 9.90 Å². The van der Waals surface area contributed by atoms with Crippen molar-refractivity contribution in [3.63, 3.8) is 0 Å². The van der Waals surface area contributed by atoms with Gasteiger partial charge in [0.1, 0.15) is 5.69 Å². The van der Waals surface area contributed by atoms with Crippen LogP contribution < -0.4 is 10.2 Å². The van der Waals surface area contributed by atoms with Crippen LogP contribution in [0.1, 0.15) is 30.3 Å². The van der Waals surface area contributed by atoms with Crippen LogP contribution >= 0.6 is 11.3 Å². The zero-order valence-electron chi connectivity index (χ0n) is 9.85. The molecule has 0 bridgehead atoms. The van der Waals surface area contributed by atoms with Crippen molar-refractivity contribution in [2.45, 2.75) is 25.8 Å². The molecule has 1 saturated heterocycles. The molecular formula is C11H17N3O2S. The summed E-state index contributed by atoms with van der Waals surface area (Å²) in [7, 11) is 0. The van der Waals surface area contributed by atoms with E-state index in [0.29, 0.717) is 12.1 Å². The van der Waals surface area contributed by atoms with Crippen LogP contribution in [0.25, 0.3) is 0 Å². The molecule has 1 aliphatic heterocycles. The summed E-state index contributed by atoms with van der Waals surface area (Å²) in [5.41, 5.74) is 0.448. The summed E-state index contributed by atoms with van der Waals surface area (Å²) in [6.45, 7) is 3.95. The van der Waals surface area contributed by atoms with Crippen LogP contribution in [-0.2, 0) is 0 Å². The molecule has 0 saturated carbocycles. The second-order valence-corrected chi connectivity index (χ2v) is 4.95. The first-order valence-electron chi connectivity index (χ1n) is 5.86. The predicted octanol–water partition coefficient (Wildman–Crippen LogP) is 0.854. The highest BCUT2D eigenvalue weighted by molar-refractivity contribution is 7.14. The summed E-state index contributed by atoms with van der Waals surface area (Å²) >= 11 is 1.50. The number of hydrogen-bond acceptors (Lipinski definition) is 5. The summed E-state index contributed by atoms with van der Waals surface area (Å²) < 4.78 is 0. The lowest BCUT2D eigenvalue weighted by Crippen LogP contribution is -2.38. The number of nitrogens with zero attached hydrogens (tertiary/aromatic N) is 2. The van der Waals surface area contributed by atoms with Gasteiger partial charge in [-0.15, -0.1) is 11.3 Å². The van der Waals surface area contributed by atoms with E-state index in [1.54, 1.807) is 5.38 Å². The van der Waals surface area contributed by atoms with Crippen molar-refractivity contribution in [2.24, 2.45) is 0 Å². The van der Waals surface area contributed by atoms with E-state index in [0.717, 1.165) is 18.2 Å². The number of aromatic nitrogens is 1. The molecular weight excluding hydrogens is 238 g/mol. The molecule has 1 atom stereocenters. The lowest BCUT2D eigenvalue weighted by Gasteiger charge is -2.30. The molecule has 94 valence electrons. The van der Waals surface area contributed by atoms with Gasteiger partial charge in [-0.2, -0.15) is 0 Å². The van der Waals surface area contributed by atoms with Gasteiger partial charge in [0, 0.05) is 18.5 Å². The van der Waals surface area contributed by atoms with Gasteiger partial charge in [-0.3, -0.25) is 4.79 Å². The normalized spacial score (nSPS) is 16.5. The average Bonchev–Trinajstić information content (AvgIpc) is 2.72. The molecule has 1 aliphatic rings. The average molecular weight is 255 g/mol. The molecule has 1 amide bonds. The quantitative estimate of drug-likeness (QED) is 0.819. The number of hydrogen-bond donors (Lipinski definition) is 2. The molecule has 2 heterocycles. The number of carbonyl (C=O) groups excluding carboxylic acids is 1. The number of carbonyl (C=O) groups is 1. The molecule has 0 aromatic carbocycles. The van der Waals surface area contributed by atoms with E-state index >= 15 is 0 Å². The number of aliphatic hydroxyl groups is 1. The first-order valence-corrected chi connectivity index (χ1v) is 6.74. The molecule has 1 fully saturated rings. The summed E-state index contributed by atoms with van der Waals surface area (Å²) in [6.07, 6.45) is 1.91. The number of amides is 1. The van der Waals surface area contributed by atoms with Crippen LogP contribution in [0, 0.1) is 0 Å². The zero-order chi connectivity index (χ0) is 12.3. The summed E-state index contributed by atoms with van der Waals surface area (Å²) in [5.74, 6) is -0.200. The van der Waals surface area contributed by atoms with Crippen molar-refractivity contribution in [1.82, 2.24) is 10.3 Å². The van der Waals surface area contributed by atoms with Crippen molar-refractivity contribution >= 4 is 22.4 Å². The molecule has 5 nitrogen and oxygen atoms in total. The van der Waals surface area contributed by atoms with Gasteiger partial charge >= 0.3 is 0 Å². The fourth-order valence-electron chi connectivity index (χ4n) is 1.56. The molecule has 6 heteroatoms. The number of nitrogens with one attached hydrogen (secondary N) is 1. The van der Waals surface area contributed by atoms with Gasteiger partial charge in [0.05, 0.1) is 12.6 Å². The lowest BCUT2D eigenvalue weighted by atomic mass is 10.2. The molecule has 1 aromatic rings. The first kappa shape index (κ1) is 12.3. The van der Waals surface area contributed by atoms with E-state index < -0.39 is 0 Å². The Morgan fingerprint density at radius 1 is 1.71 bits per heavy atom. The number of rotatable bonds is 5. The maximum absolute atomic E-state index is 11.8. The number of thiazole rings is 1. The minimum Gasteiger partial charge on any atom is -0.394 e. The van der Waals surface area contributed by atoms with Gasteiger partial charge in [-0.05, 0) is 12.8 Å². The predicted molar refractivity (Wildman–Crippen MR) is 67.6 cm³/mol. The number of anilines is 1. The second-order valence-electron chi connectivity index (χ2n) is 4.12. The molecule has 0 spiro atoms. The Morgan fingerprint density at radius 2 is 2.47 bits per heavy atom. The van der Waals surface area contributed by atoms with Crippen molar-refractivity contribution in [1.29, 1.82) is 0 Å². The van der Waals surface area contributed by atoms with Gasteiger partial charge < -0.3 is 15.3 Å². The Kier molecular flexibility index (Phi) is 3.96. The van der Waals surface area contributed by atoms with Crippen LogP contribution in [0.4, 0.5) is 5.13 Å². The monoisotopic (exact) mass is 255 g/mol. The number of aliphatic hydroxyl groups excluding tert-OH is 1. The molecule has 0 unspecified atom stereocenters. The molecule has 17 heavy (non-hydrogen) atoms. The Bertz CT molecular complexity index is 386. The fourth-order valence-corrected chi connectivity index (χ4v) is 2.42. The van der Waals surface area contributed by atoms with Crippen molar-refractivity contribution in [3.05, 3.63) is 11.1 Å². The smallest absolute Gasteiger partial charge is 0.271 e. The largest absolute Gasteiger partial charge is 0.394 e. The Labute approximate surface area is 104 Å². The third-order valence-corrected chi connectivity index (χ3v) is 3.80. The van der Waals surface area contributed by atoms with Gasteiger partial charge in [0.2, 0.25) is 0 Å². The highest BCUT2D eigenvalue weighted by Gasteiger charge is 2.20. The minimum atomic E-state index is -0.200. The Morgan fingerprint density at radius 3 is 3.00 bits per heavy atom. The van der Waals surface area contributed by atoms with Crippen LogP contribution in [0.15, 0.2) is 5.38 Å². The molecule has 0 radical (unpaired) electrons. The van der Waals surface area contributed by atoms with Crippen LogP contribution in [0.2, 0.25) is 0 Å². The van der Waals surface area contributed by atoms with Gasteiger partial charge in [0.25, 0.3) is 5.91 Å². The third-order valence-electron chi connectivity index (χ3n) is 2.90. The lowest BCUT2D eigenvalue weighted by molar-refractivity contribution is 0.0910. The molecule has 2 rings (SSSR count). The standard InChI is InChI=1S/C11H17N3O2S/c1-2-8(6-15)12-10(16)9-7-17-11(13-9)14-4-3-5-14/h7-8,15H,2-6H2,1H3,(H,12,16)/t8-/m0/s1. The van der Waals surface area contributed by atoms with Gasteiger partial charge in [-0.1, -0.05) is 6.92 Å². The fraction of sp³-hybridized carbons (Fsp3) is 0.636. The topological polar surface area (TPSA) is 65.5 Å². The van der Waals surface area contributed by atoms with Crippen LogP contribution in [-0.4, -0.2) is 41.7 Å². The van der Waals surface area contributed by atoms with Gasteiger partial charge in [0.15, 0.2) is 5.13 Å². The van der Waals surface area contributed by atoms with Gasteiger partial charge in [-0.25, -0.2) is 4.98 Å². The minimum absolute atomic E-state index is 0.0363. The third kappa shape index (κ3) is 2.76. The van der Waals surface area contributed by atoms with Crippen LogP contribution in [0.3, 0.4) is 0 Å². The maximum atomic E-state index is 11.8. The molecule has 1 aromatic heterocycles. The van der Waals surface area contributed by atoms with E-state index in [2.05, 4.69) is 15.2 Å². The highest BCUT2D eigenvalue weighted by atomic mass is 32.1. The summed E-state index contributed by atoms with van der Waals surface area (Å²) in [6, 6.07) is -0.184. The molecule has 2 N–H and O–H groups in total. The second kappa shape index (κ2) is 5.46. The van der Waals surface area contributed by atoms with Crippen molar-refractivity contribution in [2.75, 3.05) is 24.6 Å². The van der Waals surface area contributed by atoms with E-state index in [1.165, 1.54) is 17.8 Å². The highest BCUT2D eigenvalue weighted by Crippen LogP contribution is 2.24. The van der Waals surface area contributed by atoms with E-state index in [1.807, 2.05) is 6.92 Å². The zero-order valence-corrected chi connectivity index (χ0v) is 10.7. The van der Waals surface area contributed by atoms with E-state index in [9.17, 15) is 4.79 Å². The van der Waals surface area contributed by atoms with Crippen LogP contribution in [0.5, 0.6) is 0 Å². The molecule has 0 aliphatic carbocycles. The van der Waals surface area contributed by atoms with E-state index in [-0.39, 0.29) is 18.6 Å². The summed E-state index contributed by atoms with van der Waals surface area (Å²) in [4.78, 5) is 18.3. The van der Waals surface area contributed by atoms with E-state index in [4.69, 9.17) is 5.11 Å². The maximum Gasteiger partial charge on any atom is 0.271 e. The SMILES string of the molecule is CC[C@@H](CO)NC(=O)c1csc(N2CCC2)n1. The van der Waals surface area contributed by atoms with Crippen molar-refractivity contribution in [3.8, 4) is 0 Å². The Hall–Kier alpha value is -1.14. The first-order chi connectivity index (χ1) is 8.24. The summed E-state index contributed by atoms with van der Waals surface area (Å²) in [5, 5.41) is 14.5.